The fraction of sp³-hybridized carbons (Fsp3) is 0.483. The number of aromatic nitrogens is 2. The third-order valence-electron chi connectivity index (χ3n) is 7.34. The van der Waals surface area contributed by atoms with Crippen molar-refractivity contribution >= 4 is 28.4 Å². The van der Waals surface area contributed by atoms with Crippen molar-refractivity contribution in [3.8, 4) is 0 Å². The quantitative estimate of drug-likeness (QED) is 0.398. The Bertz CT molecular complexity index is 1330. The van der Waals surface area contributed by atoms with Crippen molar-refractivity contribution in [1.29, 1.82) is 0 Å². The van der Waals surface area contributed by atoms with Gasteiger partial charge < -0.3 is 14.8 Å². The Hall–Kier alpha value is -2.82. The van der Waals surface area contributed by atoms with Crippen LogP contribution in [-0.2, 0) is 29.0 Å². The number of H-pyrrole nitrogens is 1. The maximum atomic E-state index is 13.6. The standard InChI is InChI=1S/C29H36ClN5O4/c1-34(19-24-3-2-12-39-24)18-22-15-21(17-35-10-13-38-14-11-35)16-25-26(22)32-33-27(28(25)36)29(37)31-9-8-20-4-6-23(30)7-5-20/h4-7,15-16,24H,2-3,8-14,17-19H2,1H3,(H,31,37)(H,32,36). The highest BCUT2D eigenvalue weighted by atomic mass is 35.5. The number of aromatic amines is 1. The highest BCUT2D eigenvalue weighted by Crippen LogP contribution is 2.21. The minimum atomic E-state index is -0.484. The van der Waals surface area contributed by atoms with Crippen LogP contribution in [-0.4, -0.2) is 85.1 Å². The maximum Gasteiger partial charge on any atom is 0.275 e. The largest absolute Gasteiger partial charge is 0.379 e. The number of hydrogen-bond acceptors (Lipinski definition) is 7. The summed E-state index contributed by atoms with van der Waals surface area (Å²) in [5.74, 6) is -0.484. The van der Waals surface area contributed by atoms with Crippen LogP contribution in [0.25, 0.3) is 10.9 Å². The van der Waals surface area contributed by atoms with Crippen molar-refractivity contribution < 1.29 is 14.3 Å². The highest BCUT2D eigenvalue weighted by molar-refractivity contribution is 6.30. The second-order valence-corrected chi connectivity index (χ2v) is 10.9. The molecule has 0 aliphatic carbocycles. The molecule has 1 amide bonds. The van der Waals surface area contributed by atoms with Gasteiger partial charge >= 0.3 is 0 Å². The van der Waals surface area contributed by atoms with Crippen LogP contribution in [0.5, 0.6) is 0 Å². The van der Waals surface area contributed by atoms with Crippen LogP contribution in [0.3, 0.4) is 0 Å². The minimum absolute atomic E-state index is 0.124. The summed E-state index contributed by atoms with van der Waals surface area (Å²) in [6.45, 7) is 6.48. The van der Waals surface area contributed by atoms with Crippen LogP contribution in [0.2, 0.25) is 5.02 Å². The number of likely N-dealkylation sites (N-methyl/N-ethyl adjacent to an activating group) is 1. The summed E-state index contributed by atoms with van der Waals surface area (Å²) < 4.78 is 11.3. The first kappa shape index (κ1) is 27.7. The predicted octanol–water partition coefficient (Wildman–Crippen LogP) is 2.99. The van der Waals surface area contributed by atoms with Crippen LogP contribution in [0.15, 0.2) is 41.2 Å². The lowest BCUT2D eigenvalue weighted by Gasteiger charge is -2.27. The zero-order valence-corrected chi connectivity index (χ0v) is 23.1. The van der Waals surface area contributed by atoms with Crippen molar-refractivity contribution in [1.82, 2.24) is 25.3 Å². The molecule has 2 aliphatic rings. The monoisotopic (exact) mass is 553 g/mol. The molecule has 3 aromatic rings. The summed E-state index contributed by atoms with van der Waals surface area (Å²) in [4.78, 5) is 31.1. The normalized spacial score (nSPS) is 18.2. The number of morpholine rings is 1. The number of hydrogen-bond donors (Lipinski definition) is 2. The Kier molecular flexibility index (Phi) is 9.26. The van der Waals surface area contributed by atoms with Gasteiger partial charge in [0.05, 0.1) is 30.2 Å². The van der Waals surface area contributed by atoms with E-state index in [4.69, 9.17) is 21.1 Å². The molecule has 2 saturated heterocycles. The van der Waals surface area contributed by atoms with Crippen molar-refractivity contribution in [2.45, 2.75) is 38.5 Å². The molecule has 0 spiro atoms. The van der Waals surface area contributed by atoms with E-state index in [9.17, 15) is 9.59 Å². The lowest BCUT2D eigenvalue weighted by atomic mass is 10.0. The number of amides is 1. The van der Waals surface area contributed by atoms with E-state index in [1.165, 1.54) is 0 Å². The van der Waals surface area contributed by atoms with Gasteiger partial charge in [-0.25, -0.2) is 0 Å². The Morgan fingerprint density at radius 2 is 1.97 bits per heavy atom. The lowest BCUT2D eigenvalue weighted by molar-refractivity contribution is 0.0342. The molecule has 2 fully saturated rings. The third kappa shape index (κ3) is 7.23. The van der Waals surface area contributed by atoms with E-state index < -0.39 is 5.91 Å². The molecule has 2 N–H and O–H groups in total. The van der Waals surface area contributed by atoms with E-state index in [0.29, 0.717) is 55.2 Å². The van der Waals surface area contributed by atoms with Gasteiger partial charge in [-0.15, -0.1) is 0 Å². The van der Waals surface area contributed by atoms with Gasteiger partial charge in [-0.3, -0.25) is 24.5 Å². The fourth-order valence-corrected chi connectivity index (χ4v) is 5.43. The SMILES string of the molecule is CN(Cc1cc(CN2CCOCC2)cc2c(=O)c(C(=O)NCCc3ccc(Cl)cc3)n[nH]c12)CC1CCCO1. The molecular weight excluding hydrogens is 518 g/mol. The molecule has 3 heterocycles. The van der Waals surface area contributed by atoms with Gasteiger partial charge in [0.15, 0.2) is 5.69 Å². The number of nitrogens with zero attached hydrogens (tertiary/aromatic N) is 3. The van der Waals surface area contributed by atoms with E-state index in [1.807, 2.05) is 30.3 Å². The minimum Gasteiger partial charge on any atom is -0.379 e. The molecule has 2 aromatic carbocycles. The van der Waals surface area contributed by atoms with Crippen LogP contribution < -0.4 is 10.7 Å². The first-order valence-electron chi connectivity index (χ1n) is 13.6. The van der Waals surface area contributed by atoms with E-state index >= 15 is 0 Å². The molecule has 0 saturated carbocycles. The number of rotatable bonds is 10. The summed E-state index contributed by atoms with van der Waals surface area (Å²) in [5.41, 5.74) is 3.25. The van der Waals surface area contributed by atoms with E-state index in [1.54, 1.807) is 0 Å². The van der Waals surface area contributed by atoms with E-state index in [-0.39, 0.29) is 17.2 Å². The zero-order chi connectivity index (χ0) is 27.2. The number of benzene rings is 2. The average Bonchev–Trinajstić information content (AvgIpc) is 3.44. The summed E-state index contributed by atoms with van der Waals surface area (Å²) in [6.07, 6.45) is 3.02. The molecule has 1 unspecified atom stereocenters. The molecule has 1 atom stereocenters. The molecule has 10 heteroatoms. The number of carbonyl (C=O) groups excluding carboxylic acids is 1. The van der Waals surface area contributed by atoms with Crippen molar-refractivity contribution in [2.24, 2.45) is 0 Å². The molecule has 1 aromatic heterocycles. The Morgan fingerprint density at radius 1 is 1.18 bits per heavy atom. The van der Waals surface area contributed by atoms with Crippen LogP contribution >= 0.6 is 11.6 Å². The second-order valence-electron chi connectivity index (χ2n) is 10.4. The molecule has 5 rings (SSSR count). The smallest absolute Gasteiger partial charge is 0.275 e. The predicted molar refractivity (Wildman–Crippen MR) is 151 cm³/mol. The summed E-state index contributed by atoms with van der Waals surface area (Å²) in [6, 6.07) is 11.5. The van der Waals surface area contributed by atoms with Gasteiger partial charge in [-0.05, 0) is 61.2 Å². The van der Waals surface area contributed by atoms with E-state index in [0.717, 1.165) is 55.8 Å². The molecule has 39 heavy (non-hydrogen) atoms. The molecule has 2 aliphatic heterocycles. The number of carbonyl (C=O) groups is 1. The third-order valence-corrected chi connectivity index (χ3v) is 7.59. The van der Waals surface area contributed by atoms with Gasteiger partial charge in [-0.2, -0.15) is 5.10 Å². The van der Waals surface area contributed by atoms with E-state index in [2.05, 4.69) is 38.4 Å². The van der Waals surface area contributed by atoms with Gasteiger partial charge in [0.1, 0.15) is 0 Å². The molecular formula is C29H36ClN5O4. The Balaban J connectivity index is 1.37. The van der Waals surface area contributed by atoms with Crippen molar-refractivity contribution in [3.63, 3.8) is 0 Å². The molecule has 208 valence electrons. The number of fused-ring (bicyclic) bond motifs is 1. The first-order valence-corrected chi connectivity index (χ1v) is 14.0. The van der Waals surface area contributed by atoms with Crippen LogP contribution in [0, 0.1) is 0 Å². The highest BCUT2D eigenvalue weighted by Gasteiger charge is 2.21. The molecule has 0 radical (unpaired) electrons. The maximum absolute atomic E-state index is 13.6. The summed E-state index contributed by atoms with van der Waals surface area (Å²) in [5, 5.41) is 11.2. The molecule has 9 nitrogen and oxygen atoms in total. The lowest BCUT2D eigenvalue weighted by Crippen LogP contribution is -2.36. The van der Waals surface area contributed by atoms with Crippen molar-refractivity contribution in [3.05, 3.63) is 74.0 Å². The molecule has 0 bridgehead atoms. The topological polar surface area (TPSA) is 99.8 Å². The zero-order valence-electron chi connectivity index (χ0n) is 22.4. The van der Waals surface area contributed by atoms with Crippen molar-refractivity contribution in [2.75, 3.05) is 53.0 Å². The van der Waals surface area contributed by atoms with Gasteiger partial charge in [0.2, 0.25) is 5.43 Å². The van der Waals surface area contributed by atoms with Gasteiger partial charge in [-0.1, -0.05) is 29.8 Å². The summed E-state index contributed by atoms with van der Waals surface area (Å²) in [7, 11) is 2.07. The van der Waals surface area contributed by atoms with Gasteiger partial charge in [0.25, 0.3) is 5.91 Å². The Morgan fingerprint density at radius 3 is 2.72 bits per heavy atom. The number of nitrogens with one attached hydrogen (secondary N) is 2. The summed E-state index contributed by atoms with van der Waals surface area (Å²) >= 11 is 5.95. The van der Waals surface area contributed by atoms with Crippen LogP contribution in [0.1, 0.15) is 40.0 Å². The number of halogens is 1. The fourth-order valence-electron chi connectivity index (χ4n) is 5.30. The Labute approximate surface area is 233 Å². The average molecular weight is 554 g/mol. The first-order chi connectivity index (χ1) is 19.0. The second kappa shape index (κ2) is 13.0. The van der Waals surface area contributed by atoms with Gasteiger partial charge in [0, 0.05) is 50.9 Å². The van der Waals surface area contributed by atoms with Crippen LogP contribution in [0.4, 0.5) is 0 Å². The number of ether oxygens (including phenoxy) is 2.